The van der Waals surface area contributed by atoms with Gasteiger partial charge in [-0.15, -0.1) is 11.3 Å². The molecule has 0 aliphatic rings. The molecule has 10 nitrogen and oxygen atoms in total. The Kier molecular flexibility index (Phi) is 6.08. The van der Waals surface area contributed by atoms with E-state index in [1.807, 2.05) is 0 Å². The molecule has 0 fully saturated rings. The second-order valence-corrected chi connectivity index (χ2v) is 7.36. The first-order valence-corrected chi connectivity index (χ1v) is 10.2. The number of ether oxygens (including phenoxy) is 2. The van der Waals surface area contributed by atoms with E-state index in [-0.39, 0.29) is 11.7 Å². The maximum Gasteiger partial charge on any atom is 0.369 e. The summed E-state index contributed by atoms with van der Waals surface area (Å²) in [6.45, 7) is -0.392. The number of carbonyl (C=O) groups excluding carboxylic acids is 2. The summed E-state index contributed by atoms with van der Waals surface area (Å²) >= 11 is 1.33. The maximum atomic E-state index is 12.5. The molecule has 0 spiro atoms. The van der Waals surface area contributed by atoms with Crippen molar-refractivity contribution in [2.45, 2.75) is 6.54 Å². The average Bonchev–Trinajstić information content (AvgIpc) is 3.45. The van der Waals surface area contributed by atoms with E-state index >= 15 is 0 Å². The van der Waals surface area contributed by atoms with Crippen molar-refractivity contribution >= 4 is 28.9 Å². The lowest BCUT2D eigenvalue weighted by Gasteiger charge is -2.10. The third-order valence-corrected chi connectivity index (χ3v) is 5.17. The average molecular weight is 451 g/mol. The summed E-state index contributed by atoms with van der Waals surface area (Å²) < 4.78 is 12.5. The SMILES string of the molecule is COc1ccccc1C(=O)Nc1ccc(OC(=O)Cn2nnn(-c3cccs3)c2=O)cc1. The van der Waals surface area contributed by atoms with Gasteiger partial charge in [0.25, 0.3) is 5.91 Å². The monoisotopic (exact) mass is 451 g/mol. The van der Waals surface area contributed by atoms with Crippen molar-refractivity contribution in [3.05, 3.63) is 82.1 Å². The third kappa shape index (κ3) is 4.57. The molecule has 0 radical (unpaired) electrons. The summed E-state index contributed by atoms with van der Waals surface area (Å²) in [5.74, 6) is -0.303. The number of nitrogens with one attached hydrogen (secondary N) is 1. The highest BCUT2D eigenvalue weighted by Gasteiger charge is 2.15. The number of rotatable bonds is 7. The summed E-state index contributed by atoms with van der Waals surface area (Å²) in [6.07, 6.45) is 0. The van der Waals surface area contributed by atoms with Crippen molar-refractivity contribution in [1.82, 2.24) is 19.8 Å². The fraction of sp³-hybridized carbons (Fsp3) is 0.0952. The fourth-order valence-electron chi connectivity index (χ4n) is 2.83. The molecule has 0 atom stereocenters. The first-order chi connectivity index (χ1) is 15.5. The number of tetrazole rings is 1. The summed E-state index contributed by atoms with van der Waals surface area (Å²) in [4.78, 5) is 37.0. The molecule has 11 heteroatoms. The largest absolute Gasteiger partial charge is 0.496 e. The van der Waals surface area contributed by atoms with Gasteiger partial charge in [0, 0.05) is 5.69 Å². The minimum Gasteiger partial charge on any atom is -0.496 e. The van der Waals surface area contributed by atoms with Crippen LogP contribution in [0.1, 0.15) is 10.4 Å². The first kappa shape index (κ1) is 21.0. The Morgan fingerprint density at radius 1 is 1.03 bits per heavy atom. The van der Waals surface area contributed by atoms with Gasteiger partial charge in [-0.1, -0.05) is 12.1 Å². The predicted molar refractivity (Wildman–Crippen MR) is 117 cm³/mol. The molecule has 1 amide bonds. The summed E-state index contributed by atoms with van der Waals surface area (Å²) in [6, 6.07) is 16.6. The van der Waals surface area contributed by atoms with Crippen LogP contribution in [0, 0.1) is 0 Å². The molecule has 32 heavy (non-hydrogen) atoms. The van der Waals surface area contributed by atoms with Crippen LogP contribution in [-0.2, 0) is 11.3 Å². The van der Waals surface area contributed by atoms with Crippen LogP contribution in [0.3, 0.4) is 0 Å². The van der Waals surface area contributed by atoms with Gasteiger partial charge < -0.3 is 14.8 Å². The van der Waals surface area contributed by atoms with Crippen molar-refractivity contribution in [3.63, 3.8) is 0 Å². The van der Waals surface area contributed by atoms with Gasteiger partial charge in [0.1, 0.15) is 23.0 Å². The summed E-state index contributed by atoms with van der Waals surface area (Å²) in [7, 11) is 1.49. The molecule has 2 aromatic heterocycles. The molecule has 0 bridgehead atoms. The predicted octanol–water partition coefficient (Wildman–Crippen LogP) is 2.36. The zero-order valence-corrected chi connectivity index (χ0v) is 17.6. The standard InChI is InChI=1S/C21H17N5O5S/c1-30-17-6-3-2-5-16(17)20(28)22-14-8-10-15(11-9-14)31-19(27)13-25-21(29)26(24-23-25)18-7-4-12-32-18/h2-12H,13H2,1H3,(H,22,28). The molecule has 2 heterocycles. The fourth-order valence-corrected chi connectivity index (χ4v) is 3.49. The van der Waals surface area contributed by atoms with Crippen molar-refractivity contribution in [2.24, 2.45) is 0 Å². The van der Waals surface area contributed by atoms with Gasteiger partial charge in [0.2, 0.25) is 0 Å². The van der Waals surface area contributed by atoms with Gasteiger partial charge in [-0.25, -0.2) is 9.59 Å². The number of aromatic nitrogens is 4. The van der Waals surface area contributed by atoms with Gasteiger partial charge in [-0.05, 0) is 64.3 Å². The van der Waals surface area contributed by atoms with Crippen molar-refractivity contribution in [1.29, 1.82) is 0 Å². The number of benzene rings is 2. The quantitative estimate of drug-likeness (QED) is 0.339. The van der Waals surface area contributed by atoms with Gasteiger partial charge in [0.15, 0.2) is 0 Å². The Morgan fingerprint density at radius 3 is 2.53 bits per heavy atom. The second kappa shape index (κ2) is 9.27. The molecular formula is C21H17N5O5S. The molecule has 4 aromatic rings. The molecule has 0 unspecified atom stereocenters. The first-order valence-electron chi connectivity index (χ1n) is 9.37. The number of thiophene rings is 1. The number of methoxy groups -OCH3 is 1. The van der Waals surface area contributed by atoms with E-state index in [9.17, 15) is 14.4 Å². The zero-order chi connectivity index (χ0) is 22.5. The van der Waals surface area contributed by atoms with Crippen LogP contribution in [0.4, 0.5) is 5.69 Å². The second-order valence-electron chi connectivity index (χ2n) is 6.44. The van der Waals surface area contributed by atoms with Gasteiger partial charge in [0.05, 0.1) is 12.7 Å². The summed E-state index contributed by atoms with van der Waals surface area (Å²) in [5, 5.41) is 12.6. The molecule has 2 aromatic carbocycles. The Bertz CT molecular complexity index is 1290. The molecule has 1 N–H and O–H groups in total. The number of anilines is 1. The van der Waals surface area contributed by atoms with E-state index in [2.05, 4.69) is 15.7 Å². The Morgan fingerprint density at radius 2 is 1.81 bits per heavy atom. The normalized spacial score (nSPS) is 10.5. The lowest BCUT2D eigenvalue weighted by Crippen LogP contribution is -2.28. The lowest BCUT2D eigenvalue weighted by atomic mass is 10.2. The number of esters is 1. The highest BCUT2D eigenvalue weighted by molar-refractivity contribution is 7.12. The van der Waals surface area contributed by atoms with E-state index in [1.165, 1.54) is 30.6 Å². The molecule has 4 rings (SSSR count). The van der Waals surface area contributed by atoms with E-state index in [0.717, 1.165) is 9.36 Å². The van der Waals surface area contributed by atoms with Gasteiger partial charge in [-0.3, -0.25) is 4.79 Å². The number of nitrogens with zero attached hydrogens (tertiary/aromatic N) is 4. The van der Waals surface area contributed by atoms with Crippen LogP contribution in [0.25, 0.3) is 5.00 Å². The number of hydrogen-bond donors (Lipinski definition) is 1. The molecule has 0 saturated heterocycles. The van der Waals surface area contributed by atoms with Crippen LogP contribution < -0.4 is 20.5 Å². The van der Waals surface area contributed by atoms with E-state index in [4.69, 9.17) is 9.47 Å². The third-order valence-electron chi connectivity index (χ3n) is 4.33. The van der Waals surface area contributed by atoms with Crippen LogP contribution in [0.15, 0.2) is 70.8 Å². The molecular weight excluding hydrogens is 434 g/mol. The number of carbonyl (C=O) groups is 2. The maximum absolute atomic E-state index is 12.5. The Balaban J connectivity index is 1.37. The van der Waals surface area contributed by atoms with Gasteiger partial charge >= 0.3 is 11.7 Å². The van der Waals surface area contributed by atoms with Crippen molar-refractivity contribution in [2.75, 3.05) is 12.4 Å². The topological polar surface area (TPSA) is 117 Å². The van der Waals surface area contributed by atoms with Crippen LogP contribution in [0.2, 0.25) is 0 Å². The van der Waals surface area contributed by atoms with Crippen LogP contribution in [0.5, 0.6) is 11.5 Å². The Hall–Kier alpha value is -4.25. The van der Waals surface area contributed by atoms with Crippen LogP contribution >= 0.6 is 11.3 Å². The van der Waals surface area contributed by atoms with E-state index in [0.29, 0.717) is 22.0 Å². The van der Waals surface area contributed by atoms with E-state index in [1.54, 1.807) is 53.9 Å². The zero-order valence-electron chi connectivity index (χ0n) is 16.8. The molecule has 0 aliphatic carbocycles. The number of para-hydroxylation sites is 1. The highest BCUT2D eigenvalue weighted by atomic mass is 32.1. The summed E-state index contributed by atoms with van der Waals surface area (Å²) in [5.41, 5.74) is 0.362. The Labute approximate surface area is 185 Å². The van der Waals surface area contributed by atoms with Crippen molar-refractivity contribution < 1.29 is 19.1 Å². The van der Waals surface area contributed by atoms with Crippen molar-refractivity contribution in [3.8, 4) is 16.5 Å². The number of amides is 1. The van der Waals surface area contributed by atoms with Crippen LogP contribution in [-0.4, -0.2) is 38.8 Å². The minimum absolute atomic E-state index is 0.254. The minimum atomic E-state index is -0.684. The molecule has 0 aliphatic heterocycles. The molecule has 0 saturated carbocycles. The molecule has 162 valence electrons. The van der Waals surface area contributed by atoms with Gasteiger partial charge in [-0.2, -0.15) is 9.36 Å². The smallest absolute Gasteiger partial charge is 0.369 e. The lowest BCUT2D eigenvalue weighted by molar-refractivity contribution is -0.135. The highest BCUT2D eigenvalue weighted by Crippen LogP contribution is 2.21. The van der Waals surface area contributed by atoms with E-state index < -0.39 is 18.2 Å². The number of hydrogen-bond acceptors (Lipinski definition) is 8.